The van der Waals surface area contributed by atoms with Gasteiger partial charge in [0.1, 0.15) is 0 Å². The molecule has 0 radical (unpaired) electrons. The Morgan fingerprint density at radius 2 is 1.87 bits per heavy atom. The summed E-state index contributed by atoms with van der Waals surface area (Å²) in [5.41, 5.74) is 0.0761. The Kier molecular flexibility index (Phi) is 3.48. The summed E-state index contributed by atoms with van der Waals surface area (Å²) in [5, 5.41) is 9.56. The van der Waals surface area contributed by atoms with Crippen LogP contribution in [-0.2, 0) is 0 Å². The SMILES string of the molecule is CCC1(C#N)CC(C)C(C)CCC1(C)C. The van der Waals surface area contributed by atoms with Crippen molar-refractivity contribution >= 4 is 0 Å². The Labute approximate surface area is 94.9 Å². The Morgan fingerprint density at radius 3 is 2.33 bits per heavy atom. The normalized spacial score (nSPS) is 40.5. The Morgan fingerprint density at radius 1 is 1.27 bits per heavy atom. The third-order valence-electron chi connectivity index (χ3n) is 4.98. The summed E-state index contributed by atoms with van der Waals surface area (Å²) < 4.78 is 0. The number of nitrogens with zero attached hydrogens (tertiary/aromatic N) is 1. The number of nitriles is 1. The third kappa shape index (κ3) is 2.05. The van der Waals surface area contributed by atoms with Crippen molar-refractivity contribution in [3.63, 3.8) is 0 Å². The summed E-state index contributed by atoms with van der Waals surface area (Å²) in [5.74, 6) is 1.46. The first kappa shape index (κ1) is 12.6. The van der Waals surface area contributed by atoms with Crippen LogP contribution in [0.15, 0.2) is 0 Å². The van der Waals surface area contributed by atoms with Gasteiger partial charge in [0.15, 0.2) is 0 Å². The minimum absolute atomic E-state index is 0.100. The monoisotopic (exact) mass is 207 g/mol. The molecule has 1 heteroatoms. The van der Waals surface area contributed by atoms with Gasteiger partial charge in [-0.2, -0.15) is 5.26 Å². The van der Waals surface area contributed by atoms with Gasteiger partial charge in [0.05, 0.1) is 11.5 Å². The first-order valence-electron chi connectivity index (χ1n) is 6.30. The second kappa shape index (κ2) is 4.16. The summed E-state index contributed by atoms with van der Waals surface area (Å²) in [4.78, 5) is 0. The molecule has 0 aromatic carbocycles. The van der Waals surface area contributed by atoms with Crippen molar-refractivity contribution in [2.45, 2.75) is 60.3 Å². The number of hydrogen-bond donors (Lipinski definition) is 0. The number of rotatable bonds is 1. The smallest absolute Gasteiger partial charge is 0.0695 e. The molecule has 3 atom stereocenters. The summed E-state index contributed by atoms with van der Waals surface area (Å²) >= 11 is 0. The molecule has 0 bridgehead atoms. The fraction of sp³-hybridized carbons (Fsp3) is 0.929. The van der Waals surface area contributed by atoms with Crippen molar-refractivity contribution in [2.75, 3.05) is 0 Å². The zero-order chi connectivity index (χ0) is 11.7. The van der Waals surface area contributed by atoms with Gasteiger partial charge in [0.2, 0.25) is 0 Å². The predicted molar refractivity (Wildman–Crippen MR) is 64.3 cm³/mol. The van der Waals surface area contributed by atoms with Crippen LogP contribution in [0.5, 0.6) is 0 Å². The van der Waals surface area contributed by atoms with Crippen LogP contribution in [0.1, 0.15) is 60.3 Å². The molecule has 0 N–H and O–H groups in total. The standard InChI is InChI=1S/C14H25N/c1-6-14(10-15)9-12(3)11(2)7-8-13(14,4)5/h11-12H,6-9H2,1-5H3. The van der Waals surface area contributed by atoms with Gasteiger partial charge in [-0.3, -0.25) is 0 Å². The zero-order valence-electron chi connectivity index (χ0n) is 10.9. The third-order valence-corrected chi connectivity index (χ3v) is 4.98. The maximum Gasteiger partial charge on any atom is 0.0695 e. The van der Waals surface area contributed by atoms with Crippen LogP contribution < -0.4 is 0 Å². The largest absolute Gasteiger partial charge is 0.198 e. The van der Waals surface area contributed by atoms with Crippen molar-refractivity contribution in [3.05, 3.63) is 0 Å². The van der Waals surface area contributed by atoms with Crippen molar-refractivity contribution < 1.29 is 0 Å². The minimum Gasteiger partial charge on any atom is -0.198 e. The lowest BCUT2D eigenvalue weighted by Gasteiger charge is -2.40. The van der Waals surface area contributed by atoms with E-state index in [-0.39, 0.29) is 10.8 Å². The summed E-state index contributed by atoms with van der Waals surface area (Å²) in [7, 11) is 0. The molecule has 0 aromatic heterocycles. The Bertz CT molecular complexity index is 261. The van der Waals surface area contributed by atoms with Crippen LogP contribution in [0.25, 0.3) is 0 Å². The quantitative estimate of drug-likeness (QED) is 0.585. The fourth-order valence-electron chi connectivity index (χ4n) is 3.04. The molecule has 1 aliphatic rings. The van der Waals surface area contributed by atoms with Gasteiger partial charge >= 0.3 is 0 Å². The van der Waals surface area contributed by atoms with E-state index in [1.165, 1.54) is 12.8 Å². The molecule has 86 valence electrons. The first-order chi connectivity index (χ1) is 6.88. The second-order valence-electron chi connectivity index (χ2n) is 6.13. The highest BCUT2D eigenvalue weighted by Crippen LogP contribution is 2.53. The molecule has 3 unspecified atom stereocenters. The molecule has 15 heavy (non-hydrogen) atoms. The molecule has 0 aromatic rings. The van der Waals surface area contributed by atoms with E-state index in [0.29, 0.717) is 5.92 Å². The minimum atomic E-state index is -0.100. The van der Waals surface area contributed by atoms with Crippen molar-refractivity contribution in [1.82, 2.24) is 0 Å². The molecule has 0 heterocycles. The van der Waals surface area contributed by atoms with E-state index in [0.717, 1.165) is 18.8 Å². The van der Waals surface area contributed by atoms with Crippen LogP contribution in [0, 0.1) is 34.0 Å². The lowest BCUT2D eigenvalue weighted by atomic mass is 9.61. The molecule has 1 fully saturated rings. The Balaban J connectivity index is 3.06. The molecular weight excluding hydrogens is 182 g/mol. The maximum atomic E-state index is 9.56. The zero-order valence-corrected chi connectivity index (χ0v) is 10.9. The topological polar surface area (TPSA) is 23.8 Å². The van der Waals surface area contributed by atoms with E-state index < -0.39 is 0 Å². The molecule has 1 aliphatic carbocycles. The fourth-order valence-corrected chi connectivity index (χ4v) is 3.04. The first-order valence-corrected chi connectivity index (χ1v) is 6.30. The maximum absolute atomic E-state index is 9.56. The predicted octanol–water partition coefficient (Wildman–Crippen LogP) is 4.39. The van der Waals surface area contributed by atoms with E-state index in [1.54, 1.807) is 0 Å². The molecule has 0 saturated heterocycles. The van der Waals surface area contributed by atoms with Gasteiger partial charge < -0.3 is 0 Å². The van der Waals surface area contributed by atoms with E-state index >= 15 is 0 Å². The second-order valence-corrected chi connectivity index (χ2v) is 6.13. The van der Waals surface area contributed by atoms with Gasteiger partial charge in [0, 0.05) is 0 Å². The molecule has 1 saturated carbocycles. The molecule has 0 spiro atoms. The van der Waals surface area contributed by atoms with Crippen LogP contribution in [0.3, 0.4) is 0 Å². The van der Waals surface area contributed by atoms with E-state index in [9.17, 15) is 5.26 Å². The highest BCUT2D eigenvalue weighted by atomic mass is 14.5. The van der Waals surface area contributed by atoms with Crippen LogP contribution in [0.4, 0.5) is 0 Å². The molecule has 1 rings (SSSR count). The Hall–Kier alpha value is -0.510. The van der Waals surface area contributed by atoms with Gasteiger partial charge in [0.25, 0.3) is 0 Å². The van der Waals surface area contributed by atoms with Crippen LogP contribution >= 0.6 is 0 Å². The van der Waals surface area contributed by atoms with Gasteiger partial charge in [-0.05, 0) is 42.9 Å². The number of hydrogen-bond acceptors (Lipinski definition) is 1. The molecule has 0 amide bonds. The molecule has 0 aliphatic heterocycles. The summed E-state index contributed by atoms with van der Waals surface area (Å²) in [6.45, 7) is 11.4. The lowest BCUT2D eigenvalue weighted by Crippen LogP contribution is -2.36. The van der Waals surface area contributed by atoms with E-state index in [4.69, 9.17) is 0 Å². The summed E-state index contributed by atoms with van der Waals surface area (Å²) in [6, 6.07) is 2.65. The van der Waals surface area contributed by atoms with Crippen molar-refractivity contribution in [1.29, 1.82) is 5.26 Å². The molecular formula is C14H25N. The van der Waals surface area contributed by atoms with Gasteiger partial charge in [-0.15, -0.1) is 0 Å². The highest BCUT2D eigenvalue weighted by Gasteiger charge is 2.47. The highest BCUT2D eigenvalue weighted by molar-refractivity contribution is 5.08. The van der Waals surface area contributed by atoms with Gasteiger partial charge in [-0.1, -0.05) is 34.6 Å². The van der Waals surface area contributed by atoms with Crippen LogP contribution in [0.2, 0.25) is 0 Å². The molecule has 1 nitrogen and oxygen atoms in total. The summed E-state index contributed by atoms with van der Waals surface area (Å²) in [6.07, 6.45) is 4.54. The van der Waals surface area contributed by atoms with Gasteiger partial charge in [-0.25, -0.2) is 0 Å². The van der Waals surface area contributed by atoms with Crippen molar-refractivity contribution in [2.24, 2.45) is 22.7 Å². The van der Waals surface area contributed by atoms with E-state index in [2.05, 4.69) is 40.7 Å². The average Bonchev–Trinajstić information content (AvgIpc) is 2.28. The average molecular weight is 207 g/mol. The van der Waals surface area contributed by atoms with E-state index in [1.807, 2.05) is 0 Å². The lowest BCUT2D eigenvalue weighted by molar-refractivity contribution is 0.104. The van der Waals surface area contributed by atoms with Crippen molar-refractivity contribution in [3.8, 4) is 6.07 Å². The van der Waals surface area contributed by atoms with Crippen LogP contribution in [-0.4, -0.2) is 0 Å².